The van der Waals surface area contributed by atoms with Gasteiger partial charge in [0.1, 0.15) is 0 Å². The minimum absolute atomic E-state index is 0.0225. The van der Waals surface area contributed by atoms with E-state index in [2.05, 4.69) is 36.1 Å². The van der Waals surface area contributed by atoms with E-state index in [0.29, 0.717) is 13.2 Å². The van der Waals surface area contributed by atoms with Gasteiger partial charge in [0.05, 0.1) is 13.2 Å². The Balaban J connectivity index is 2.53. The zero-order valence-corrected chi connectivity index (χ0v) is 12.3. The lowest BCUT2D eigenvalue weighted by Gasteiger charge is -2.25. The Morgan fingerprint density at radius 3 is 2.05 bits per heavy atom. The molecule has 1 rings (SSSR count). The molecule has 1 unspecified atom stereocenters. The average molecular weight is 266 g/mol. The summed E-state index contributed by atoms with van der Waals surface area (Å²) in [5, 5.41) is 0. The predicted octanol–water partition coefficient (Wildman–Crippen LogP) is 1.59. The van der Waals surface area contributed by atoms with Gasteiger partial charge in [-0.05, 0) is 12.5 Å². The van der Waals surface area contributed by atoms with Crippen molar-refractivity contribution in [2.24, 2.45) is 5.73 Å². The van der Waals surface area contributed by atoms with Gasteiger partial charge in [0.2, 0.25) is 0 Å². The standard InChI is InChI=1S/C15H26N2O2/c1-13-4-6-14(7-5-13)15(16)12-17(8-10-18-2)9-11-19-3/h4-7,15H,8-12,16H2,1-3H3. The number of aryl methyl sites for hydroxylation is 1. The van der Waals surface area contributed by atoms with E-state index in [-0.39, 0.29) is 6.04 Å². The minimum Gasteiger partial charge on any atom is -0.383 e. The van der Waals surface area contributed by atoms with Gasteiger partial charge < -0.3 is 15.2 Å². The summed E-state index contributed by atoms with van der Waals surface area (Å²) in [6.07, 6.45) is 0. The lowest BCUT2D eigenvalue weighted by Crippen LogP contribution is -2.36. The molecule has 0 aliphatic rings. The van der Waals surface area contributed by atoms with Gasteiger partial charge in [0, 0.05) is 39.9 Å². The Labute approximate surface area is 116 Å². The highest BCUT2D eigenvalue weighted by Crippen LogP contribution is 2.12. The second kappa shape index (κ2) is 9.04. The largest absolute Gasteiger partial charge is 0.383 e. The maximum Gasteiger partial charge on any atom is 0.0589 e. The van der Waals surface area contributed by atoms with Crippen LogP contribution in [0.1, 0.15) is 17.2 Å². The number of nitrogens with two attached hydrogens (primary N) is 1. The van der Waals surface area contributed by atoms with Gasteiger partial charge in [0.25, 0.3) is 0 Å². The first-order chi connectivity index (χ1) is 9.17. The zero-order chi connectivity index (χ0) is 14.1. The molecule has 19 heavy (non-hydrogen) atoms. The van der Waals surface area contributed by atoms with Crippen LogP contribution in [0.5, 0.6) is 0 Å². The Hall–Kier alpha value is -0.940. The van der Waals surface area contributed by atoms with Crippen LogP contribution in [0.25, 0.3) is 0 Å². The van der Waals surface area contributed by atoms with Crippen LogP contribution in [-0.4, -0.2) is 52.0 Å². The number of nitrogens with zero attached hydrogens (tertiary/aromatic N) is 1. The molecule has 108 valence electrons. The Bertz CT molecular complexity index is 333. The monoisotopic (exact) mass is 266 g/mol. The van der Waals surface area contributed by atoms with E-state index in [1.54, 1.807) is 14.2 Å². The van der Waals surface area contributed by atoms with Crippen LogP contribution < -0.4 is 5.73 Å². The molecule has 0 spiro atoms. The maximum absolute atomic E-state index is 6.27. The van der Waals surface area contributed by atoms with Crippen molar-refractivity contribution in [3.05, 3.63) is 35.4 Å². The molecule has 0 aliphatic heterocycles. The molecule has 4 nitrogen and oxygen atoms in total. The SMILES string of the molecule is COCCN(CCOC)CC(N)c1ccc(C)cc1. The van der Waals surface area contributed by atoms with Crippen molar-refractivity contribution < 1.29 is 9.47 Å². The first kappa shape index (κ1) is 16.1. The normalized spacial score (nSPS) is 12.9. The average Bonchev–Trinajstić information content (AvgIpc) is 2.42. The molecule has 0 fully saturated rings. The second-order valence-corrected chi connectivity index (χ2v) is 4.80. The molecule has 1 atom stereocenters. The van der Waals surface area contributed by atoms with Gasteiger partial charge in [-0.25, -0.2) is 0 Å². The summed E-state index contributed by atoms with van der Waals surface area (Å²) < 4.78 is 10.3. The van der Waals surface area contributed by atoms with E-state index in [0.717, 1.165) is 19.6 Å². The lowest BCUT2D eigenvalue weighted by molar-refractivity contribution is 0.110. The third-order valence-corrected chi connectivity index (χ3v) is 3.18. The van der Waals surface area contributed by atoms with Crippen molar-refractivity contribution in [1.82, 2.24) is 4.90 Å². The number of rotatable bonds is 9. The highest BCUT2D eigenvalue weighted by Gasteiger charge is 2.12. The molecular formula is C15H26N2O2. The number of hydrogen-bond acceptors (Lipinski definition) is 4. The predicted molar refractivity (Wildman–Crippen MR) is 78.3 cm³/mol. The van der Waals surface area contributed by atoms with Crippen LogP contribution in [0.4, 0.5) is 0 Å². The summed E-state index contributed by atoms with van der Waals surface area (Å²) >= 11 is 0. The van der Waals surface area contributed by atoms with E-state index >= 15 is 0 Å². The van der Waals surface area contributed by atoms with Crippen molar-refractivity contribution in [2.45, 2.75) is 13.0 Å². The first-order valence-corrected chi connectivity index (χ1v) is 6.69. The Morgan fingerprint density at radius 1 is 1.05 bits per heavy atom. The molecule has 0 bridgehead atoms. The van der Waals surface area contributed by atoms with Crippen LogP contribution >= 0.6 is 0 Å². The third-order valence-electron chi connectivity index (χ3n) is 3.18. The van der Waals surface area contributed by atoms with Crippen molar-refractivity contribution in [3.8, 4) is 0 Å². The van der Waals surface area contributed by atoms with Gasteiger partial charge >= 0.3 is 0 Å². The molecule has 0 saturated heterocycles. The molecule has 0 amide bonds. The summed E-state index contributed by atoms with van der Waals surface area (Å²) in [4.78, 5) is 2.28. The van der Waals surface area contributed by atoms with Crippen molar-refractivity contribution in [1.29, 1.82) is 0 Å². The number of ether oxygens (including phenoxy) is 2. The molecule has 0 radical (unpaired) electrons. The summed E-state index contributed by atoms with van der Waals surface area (Å²) in [7, 11) is 3.43. The van der Waals surface area contributed by atoms with Gasteiger partial charge in [-0.2, -0.15) is 0 Å². The fourth-order valence-electron chi connectivity index (χ4n) is 1.93. The molecule has 0 aliphatic carbocycles. The lowest BCUT2D eigenvalue weighted by atomic mass is 10.1. The molecule has 4 heteroatoms. The van der Waals surface area contributed by atoms with Gasteiger partial charge in [0.15, 0.2) is 0 Å². The molecular weight excluding hydrogens is 240 g/mol. The van der Waals surface area contributed by atoms with E-state index < -0.39 is 0 Å². The molecule has 0 saturated carbocycles. The van der Waals surface area contributed by atoms with Crippen LogP contribution in [0.15, 0.2) is 24.3 Å². The number of hydrogen-bond donors (Lipinski definition) is 1. The number of methoxy groups -OCH3 is 2. The smallest absolute Gasteiger partial charge is 0.0589 e. The first-order valence-electron chi connectivity index (χ1n) is 6.69. The highest BCUT2D eigenvalue weighted by molar-refractivity contribution is 5.24. The van der Waals surface area contributed by atoms with Crippen molar-refractivity contribution in [2.75, 3.05) is 47.1 Å². The summed E-state index contributed by atoms with van der Waals surface area (Å²) in [5.74, 6) is 0. The van der Waals surface area contributed by atoms with Crippen molar-refractivity contribution >= 4 is 0 Å². The topological polar surface area (TPSA) is 47.7 Å². The van der Waals surface area contributed by atoms with Crippen LogP contribution in [-0.2, 0) is 9.47 Å². The summed E-state index contributed by atoms with van der Waals surface area (Å²) in [6.45, 7) is 6.07. The van der Waals surface area contributed by atoms with Gasteiger partial charge in [-0.3, -0.25) is 4.90 Å². The van der Waals surface area contributed by atoms with Crippen LogP contribution in [0.3, 0.4) is 0 Å². The second-order valence-electron chi connectivity index (χ2n) is 4.80. The maximum atomic E-state index is 6.27. The van der Waals surface area contributed by atoms with Crippen molar-refractivity contribution in [3.63, 3.8) is 0 Å². The molecule has 2 N–H and O–H groups in total. The molecule has 1 aromatic rings. The van der Waals surface area contributed by atoms with E-state index in [4.69, 9.17) is 15.2 Å². The summed E-state index contributed by atoms with van der Waals surface area (Å²) in [6, 6.07) is 8.43. The van der Waals surface area contributed by atoms with E-state index in [1.165, 1.54) is 11.1 Å². The molecule has 1 aromatic carbocycles. The molecule has 0 aromatic heterocycles. The highest BCUT2D eigenvalue weighted by atomic mass is 16.5. The van der Waals surface area contributed by atoms with E-state index in [1.807, 2.05) is 0 Å². The zero-order valence-electron chi connectivity index (χ0n) is 12.3. The number of benzene rings is 1. The third kappa shape index (κ3) is 6.16. The quantitative estimate of drug-likeness (QED) is 0.737. The minimum atomic E-state index is 0.0225. The van der Waals surface area contributed by atoms with Crippen LogP contribution in [0.2, 0.25) is 0 Å². The van der Waals surface area contributed by atoms with Gasteiger partial charge in [-0.1, -0.05) is 29.8 Å². The Kier molecular flexibility index (Phi) is 7.67. The summed E-state index contributed by atoms with van der Waals surface area (Å²) in [5.41, 5.74) is 8.69. The van der Waals surface area contributed by atoms with Crippen LogP contribution in [0, 0.1) is 6.92 Å². The Morgan fingerprint density at radius 2 is 1.58 bits per heavy atom. The fraction of sp³-hybridized carbons (Fsp3) is 0.600. The van der Waals surface area contributed by atoms with E-state index in [9.17, 15) is 0 Å². The molecule has 0 heterocycles. The fourth-order valence-corrected chi connectivity index (χ4v) is 1.93. The van der Waals surface area contributed by atoms with Gasteiger partial charge in [-0.15, -0.1) is 0 Å².